The zero-order chi connectivity index (χ0) is 16.3. The van der Waals surface area contributed by atoms with Gasteiger partial charge in [0.25, 0.3) is 0 Å². The van der Waals surface area contributed by atoms with Crippen LogP contribution in [0.2, 0.25) is 5.15 Å². The minimum Gasteiger partial charge on any atom is -0.444 e. The van der Waals surface area contributed by atoms with E-state index < -0.39 is 11.7 Å². The molecule has 0 bridgehead atoms. The van der Waals surface area contributed by atoms with Crippen molar-refractivity contribution in [3.8, 4) is 0 Å². The highest BCUT2D eigenvalue weighted by molar-refractivity contribution is 6.34. The number of hydrogen-bond donors (Lipinski definition) is 3. The van der Waals surface area contributed by atoms with E-state index in [0.717, 1.165) is 10.9 Å². The number of alkyl carbamates (subject to hydrolysis) is 1. The molecule has 2 aromatic heterocycles. The number of carbonyl (C=O) groups is 1. The Morgan fingerprint density at radius 1 is 1.50 bits per heavy atom. The lowest BCUT2D eigenvalue weighted by molar-refractivity contribution is 0.0506. The molecule has 8 heteroatoms. The number of carbonyl (C=O) groups excluding carboxylic acids is 1. The molecular weight excluding hydrogens is 306 g/mol. The number of aromatic amines is 1. The number of nitrogens with zero attached hydrogens (tertiary/aromatic N) is 2. The minimum atomic E-state index is -0.554. The van der Waals surface area contributed by atoms with Crippen molar-refractivity contribution in [1.82, 2.24) is 20.3 Å². The molecule has 2 heterocycles. The molecule has 120 valence electrons. The van der Waals surface area contributed by atoms with Crippen molar-refractivity contribution < 1.29 is 9.53 Å². The number of aromatic nitrogens is 3. The molecule has 0 spiro atoms. The maximum absolute atomic E-state index is 11.8. The first kappa shape index (κ1) is 16.5. The van der Waals surface area contributed by atoms with Crippen molar-refractivity contribution in [3.63, 3.8) is 0 Å². The Labute approximate surface area is 133 Å². The van der Waals surface area contributed by atoms with E-state index in [1.165, 1.54) is 6.33 Å². The van der Waals surface area contributed by atoms with E-state index >= 15 is 0 Å². The molecule has 2 rings (SSSR count). The highest BCUT2D eigenvalue weighted by Gasteiger charge is 2.20. The minimum absolute atomic E-state index is 0.273. The molecule has 4 N–H and O–H groups in total. The van der Waals surface area contributed by atoms with Gasteiger partial charge in [-0.05, 0) is 32.8 Å². The maximum Gasteiger partial charge on any atom is 0.407 e. The molecule has 0 aliphatic carbocycles. The van der Waals surface area contributed by atoms with Gasteiger partial charge in [-0.3, -0.25) is 0 Å². The second kappa shape index (κ2) is 6.50. The number of amides is 1. The number of fused-ring (bicyclic) bond motifs is 1. The molecule has 1 unspecified atom stereocenters. The van der Waals surface area contributed by atoms with Crippen LogP contribution in [0.4, 0.5) is 4.79 Å². The highest BCUT2D eigenvalue weighted by Crippen LogP contribution is 2.24. The lowest BCUT2D eigenvalue weighted by Gasteiger charge is -2.23. The molecule has 2 aromatic rings. The smallest absolute Gasteiger partial charge is 0.407 e. The number of nitrogens with two attached hydrogens (primary N) is 1. The third-order valence-corrected chi connectivity index (χ3v) is 3.26. The average molecular weight is 326 g/mol. The van der Waals surface area contributed by atoms with E-state index in [1.54, 1.807) is 27.0 Å². The van der Waals surface area contributed by atoms with Gasteiger partial charge >= 0.3 is 6.09 Å². The van der Waals surface area contributed by atoms with Gasteiger partial charge in [0.2, 0.25) is 0 Å². The summed E-state index contributed by atoms with van der Waals surface area (Å²) in [6.45, 7) is 5.69. The van der Waals surface area contributed by atoms with Crippen LogP contribution in [0, 0.1) is 0 Å². The summed E-state index contributed by atoms with van der Waals surface area (Å²) in [6.07, 6.45) is 3.20. The fraction of sp³-hybridized carbons (Fsp3) is 0.500. The number of ether oxygens (including phenoxy) is 1. The average Bonchev–Trinajstić information content (AvgIpc) is 2.80. The molecule has 0 saturated heterocycles. The number of nitrogens with one attached hydrogen (secondary N) is 2. The number of hydrogen-bond acceptors (Lipinski definition) is 5. The summed E-state index contributed by atoms with van der Waals surface area (Å²) in [5.74, 6) is 0. The van der Waals surface area contributed by atoms with Crippen LogP contribution in [0.3, 0.4) is 0 Å². The van der Waals surface area contributed by atoms with Gasteiger partial charge in [0.15, 0.2) is 0 Å². The first-order valence-electron chi connectivity index (χ1n) is 6.96. The van der Waals surface area contributed by atoms with Gasteiger partial charge in [0.1, 0.15) is 22.7 Å². The fourth-order valence-electron chi connectivity index (χ4n) is 2.08. The third-order valence-electron chi connectivity index (χ3n) is 2.98. The number of rotatable bonds is 4. The fourth-order valence-corrected chi connectivity index (χ4v) is 2.33. The Bertz CT molecular complexity index is 665. The van der Waals surface area contributed by atoms with Crippen molar-refractivity contribution in [3.05, 3.63) is 23.2 Å². The van der Waals surface area contributed by atoms with Crippen LogP contribution in [0.15, 0.2) is 12.5 Å². The molecule has 0 aromatic carbocycles. The van der Waals surface area contributed by atoms with Gasteiger partial charge in [-0.2, -0.15) is 0 Å². The zero-order valence-corrected chi connectivity index (χ0v) is 13.6. The summed E-state index contributed by atoms with van der Waals surface area (Å²) in [7, 11) is 0. The second-order valence-corrected chi connectivity index (χ2v) is 6.34. The van der Waals surface area contributed by atoms with Crippen LogP contribution in [0.25, 0.3) is 11.0 Å². The Morgan fingerprint density at radius 3 is 2.86 bits per heavy atom. The molecule has 0 aliphatic rings. The van der Waals surface area contributed by atoms with Crippen molar-refractivity contribution in [2.75, 3.05) is 6.54 Å². The summed E-state index contributed by atoms with van der Waals surface area (Å²) in [5, 5.41) is 3.88. The van der Waals surface area contributed by atoms with E-state index in [9.17, 15) is 4.79 Å². The highest BCUT2D eigenvalue weighted by atomic mass is 35.5. The number of halogens is 1. The largest absolute Gasteiger partial charge is 0.444 e. The monoisotopic (exact) mass is 325 g/mol. The van der Waals surface area contributed by atoms with Crippen LogP contribution in [0.5, 0.6) is 0 Å². The molecule has 7 nitrogen and oxygen atoms in total. The third kappa shape index (κ3) is 4.08. The normalized spacial score (nSPS) is 13.1. The lowest BCUT2D eigenvalue weighted by Crippen LogP contribution is -2.44. The van der Waals surface area contributed by atoms with Crippen LogP contribution < -0.4 is 11.1 Å². The van der Waals surface area contributed by atoms with E-state index in [-0.39, 0.29) is 12.6 Å². The Kier molecular flexibility index (Phi) is 4.87. The van der Waals surface area contributed by atoms with E-state index in [0.29, 0.717) is 17.2 Å². The maximum atomic E-state index is 11.8. The molecule has 22 heavy (non-hydrogen) atoms. The van der Waals surface area contributed by atoms with Crippen LogP contribution in [0.1, 0.15) is 26.3 Å². The van der Waals surface area contributed by atoms with Crippen molar-refractivity contribution in [1.29, 1.82) is 0 Å². The summed E-state index contributed by atoms with van der Waals surface area (Å²) < 4.78 is 5.24. The first-order valence-corrected chi connectivity index (χ1v) is 7.34. The lowest BCUT2D eigenvalue weighted by atomic mass is 10.1. The molecule has 0 radical (unpaired) electrons. The Balaban J connectivity index is 2.11. The SMILES string of the molecule is CC(C)(C)OC(=O)NC(CN)Cc1c[nH]c2ncnc(Cl)c12. The van der Waals surface area contributed by atoms with Gasteiger partial charge < -0.3 is 20.8 Å². The summed E-state index contributed by atoms with van der Waals surface area (Å²) in [5.41, 5.74) is 6.74. The second-order valence-electron chi connectivity index (χ2n) is 5.98. The zero-order valence-electron chi connectivity index (χ0n) is 12.8. The van der Waals surface area contributed by atoms with Crippen molar-refractivity contribution in [2.24, 2.45) is 5.73 Å². The van der Waals surface area contributed by atoms with E-state index in [2.05, 4.69) is 20.3 Å². The van der Waals surface area contributed by atoms with E-state index in [1.807, 2.05) is 0 Å². The van der Waals surface area contributed by atoms with Crippen molar-refractivity contribution in [2.45, 2.75) is 38.8 Å². The van der Waals surface area contributed by atoms with Gasteiger partial charge in [-0.1, -0.05) is 11.6 Å². The molecule has 0 saturated carbocycles. The first-order chi connectivity index (χ1) is 10.3. The molecule has 0 fully saturated rings. The molecular formula is C14H20ClN5O2. The summed E-state index contributed by atoms with van der Waals surface area (Å²) >= 11 is 6.11. The van der Waals surface area contributed by atoms with Gasteiger partial charge in [0.05, 0.1) is 5.39 Å². The van der Waals surface area contributed by atoms with Crippen LogP contribution in [-0.4, -0.2) is 39.2 Å². The van der Waals surface area contributed by atoms with Gasteiger partial charge in [-0.25, -0.2) is 14.8 Å². The summed E-state index contributed by atoms with van der Waals surface area (Å²) in [4.78, 5) is 23.0. The van der Waals surface area contributed by atoms with Gasteiger partial charge in [-0.15, -0.1) is 0 Å². The van der Waals surface area contributed by atoms with Crippen LogP contribution in [-0.2, 0) is 11.2 Å². The molecule has 1 amide bonds. The Hall–Kier alpha value is -1.86. The van der Waals surface area contributed by atoms with E-state index in [4.69, 9.17) is 22.1 Å². The van der Waals surface area contributed by atoms with Gasteiger partial charge in [0, 0.05) is 18.8 Å². The van der Waals surface area contributed by atoms with Crippen LogP contribution >= 0.6 is 11.6 Å². The Morgan fingerprint density at radius 2 is 2.23 bits per heavy atom. The van der Waals surface area contributed by atoms with Crippen molar-refractivity contribution >= 4 is 28.7 Å². The topological polar surface area (TPSA) is 106 Å². The predicted molar refractivity (Wildman–Crippen MR) is 84.8 cm³/mol. The standard InChI is InChI=1S/C14H20ClN5O2/c1-14(2,3)22-13(21)20-9(5-16)4-8-6-17-12-10(8)11(15)18-7-19-12/h6-7,9H,4-5,16H2,1-3H3,(H,20,21)(H,17,18,19). The summed E-state index contributed by atoms with van der Waals surface area (Å²) in [6, 6.07) is -0.273. The quantitative estimate of drug-likeness (QED) is 0.745. The molecule has 1 atom stereocenters. The molecule has 0 aliphatic heterocycles. The predicted octanol–water partition coefficient (Wildman–Crippen LogP) is 2.01. The number of H-pyrrole nitrogens is 1.